The van der Waals surface area contributed by atoms with Crippen molar-refractivity contribution >= 4 is 25.7 Å². The number of hydrogen-bond acceptors (Lipinski definition) is 9. The van der Waals surface area contributed by atoms with Crippen LogP contribution in [-0.2, 0) is 37.5 Å². The second-order valence-electron chi connectivity index (χ2n) is 15.2. The van der Waals surface area contributed by atoms with Gasteiger partial charge < -0.3 is 25.2 Å². The van der Waals surface area contributed by atoms with Gasteiger partial charge in [-0.15, -0.1) is 0 Å². The van der Waals surface area contributed by atoms with Crippen molar-refractivity contribution < 1.29 is 47.5 Å². The number of hydrogen-bond donors (Lipinski definition) is 3. The smallest absolute Gasteiger partial charge is 0.472 e. The number of unbranched alkanes of at least 4 members (excludes halogenated alkanes) is 20. The number of phosphoric acid groups is 1. The van der Waals surface area contributed by atoms with Gasteiger partial charge in [0.25, 0.3) is 0 Å². The highest BCUT2D eigenvalue weighted by atomic mass is 31.2. The number of esters is 2. The second-order valence-corrected chi connectivity index (χ2v) is 16.6. The minimum absolute atomic E-state index is 0.0405. The molecular formula is C46H82NO10P. The number of carboxylic acids is 1. The molecule has 0 aliphatic heterocycles. The third-order valence-electron chi connectivity index (χ3n) is 9.60. The number of nitrogens with two attached hydrogens (primary N) is 1. The van der Waals surface area contributed by atoms with Crippen LogP contribution >= 0.6 is 7.82 Å². The van der Waals surface area contributed by atoms with Gasteiger partial charge in [0.2, 0.25) is 0 Å². The van der Waals surface area contributed by atoms with Gasteiger partial charge in [0.15, 0.2) is 6.10 Å². The Hall–Kier alpha value is -2.56. The molecule has 0 saturated carbocycles. The van der Waals surface area contributed by atoms with Crippen molar-refractivity contribution in [2.24, 2.45) is 5.73 Å². The standard InChI is InChI=1S/C46H82NO10P/c1-3-5-7-9-11-13-15-17-18-19-20-21-22-23-24-26-27-29-31-33-35-37-44(48)54-39-42(40-55-58(52,53)56-41-43(47)46(50)51)57-45(49)38-36-34-32-30-28-25-16-14-12-10-8-6-4-2/h6,8,12,14,25,28,32,34,42-43H,3-5,7,9-11,13,15-24,26-27,29-31,33,35-41,47H2,1-2H3,(H,50,51)(H,52,53)/b8-6-,14-12-,28-25-,34-32-. The van der Waals surface area contributed by atoms with Crippen molar-refractivity contribution in [3.05, 3.63) is 48.6 Å². The molecule has 3 atom stereocenters. The van der Waals surface area contributed by atoms with Crippen LogP contribution in [0, 0.1) is 0 Å². The van der Waals surface area contributed by atoms with Crippen molar-refractivity contribution in [3.63, 3.8) is 0 Å². The lowest BCUT2D eigenvalue weighted by atomic mass is 10.0. The minimum atomic E-state index is -4.73. The second kappa shape index (κ2) is 41.2. The van der Waals surface area contributed by atoms with Gasteiger partial charge in [0, 0.05) is 12.8 Å². The molecule has 0 aromatic carbocycles. The Morgan fingerprint density at radius 1 is 0.552 bits per heavy atom. The molecule has 3 unspecified atom stereocenters. The van der Waals surface area contributed by atoms with Crippen LogP contribution in [0.25, 0.3) is 0 Å². The van der Waals surface area contributed by atoms with E-state index in [4.69, 9.17) is 24.8 Å². The van der Waals surface area contributed by atoms with E-state index in [1.165, 1.54) is 109 Å². The van der Waals surface area contributed by atoms with Crippen molar-refractivity contribution in [2.45, 2.75) is 206 Å². The third-order valence-corrected chi connectivity index (χ3v) is 10.6. The number of ether oxygens (including phenoxy) is 2. The molecule has 11 nitrogen and oxygen atoms in total. The molecule has 0 bridgehead atoms. The Balaban J connectivity index is 4.30. The number of carbonyl (C=O) groups excluding carboxylic acids is 2. The Bertz CT molecular complexity index is 1170. The first-order chi connectivity index (χ1) is 28.1. The largest absolute Gasteiger partial charge is 0.480 e. The maximum atomic E-state index is 12.6. The van der Waals surface area contributed by atoms with Crippen molar-refractivity contribution in [1.82, 2.24) is 0 Å². The molecule has 4 N–H and O–H groups in total. The molecule has 0 radical (unpaired) electrons. The normalized spacial score (nSPS) is 14.1. The van der Waals surface area contributed by atoms with Crippen LogP contribution in [0.1, 0.15) is 194 Å². The molecule has 0 rings (SSSR count). The summed E-state index contributed by atoms with van der Waals surface area (Å²) in [5.41, 5.74) is 5.33. The Labute approximate surface area is 352 Å². The van der Waals surface area contributed by atoms with E-state index in [9.17, 15) is 23.8 Å². The zero-order valence-corrected chi connectivity index (χ0v) is 37.3. The summed E-state index contributed by atoms with van der Waals surface area (Å²) >= 11 is 0. The van der Waals surface area contributed by atoms with E-state index in [0.29, 0.717) is 12.8 Å². The number of rotatable bonds is 42. The van der Waals surface area contributed by atoms with Gasteiger partial charge in [-0.25, -0.2) is 4.57 Å². The molecule has 12 heteroatoms. The fraction of sp³-hybridized carbons (Fsp3) is 0.761. The summed E-state index contributed by atoms with van der Waals surface area (Å²) in [6.45, 7) is 2.62. The van der Waals surface area contributed by atoms with Crippen LogP contribution in [0.4, 0.5) is 0 Å². The SMILES string of the molecule is CC/C=C\C/C=C\C/C=C\C/C=C\CCC(=O)OC(COC(=O)CCCCCCCCCCCCCCCCCCCCCCC)COP(=O)(O)OCC(N)C(=O)O. The van der Waals surface area contributed by atoms with Crippen LogP contribution in [-0.4, -0.2) is 59.9 Å². The lowest BCUT2D eigenvalue weighted by molar-refractivity contribution is -0.161. The van der Waals surface area contributed by atoms with Gasteiger partial charge >= 0.3 is 25.7 Å². The first-order valence-electron chi connectivity index (χ1n) is 22.7. The first-order valence-corrected chi connectivity index (χ1v) is 24.2. The van der Waals surface area contributed by atoms with E-state index >= 15 is 0 Å². The van der Waals surface area contributed by atoms with Crippen molar-refractivity contribution in [1.29, 1.82) is 0 Å². The number of aliphatic carboxylic acids is 1. The fourth-order valence-electron chi connectivity index (χ4n) is 6.08. The first kappa shape index (κ1) is 55.4. The van der Waals surface area contributed by atoms with Gasteiger partial charge in [-0.1, -0.05) is 191 Å². The minimum Gasteiger partial charge on any atom is -0.480 e. The van der Waals surface area contributed by atoms with E-state index in [1.54, 1.807) is 0 Å². The fourth-order valence-corrected chi connectivity index (χ4v) is 6.86. The van der Waals surface area contributed by atoms with E-state index < -0.39 is 51.1 Å². The van der Waals surface area contributed by atoms with Gasteiger partial charge in [0.05, 0.1) is 13.2 Å². The predicted octanol–water partition coefficient (Wildman–Crippen LogP) is 12.2. The molecule has 0 fully saturated rings. The average molecular weight is 840 g/mol. The van der Waals surface area contributed by atoms with E-state index in [-0.39, 0.29) is 19.4 Å². The monoisotopic (exact) mass is 840 g/mol. The van der Waals surface area contributed by atoms with Gasteiger partial charge in [-0.05, 0) is 38.5 Å². The van der Waals surface area contributed by atoms with Crippen LogP contribution in [0.2, 0.25) is 0 Å². The van der Waals surface area contributed by atoms with Crippen LogP contribution in [0.15, 0.2) is 48.6 Å². The summed E-state index contributed by atoms with van der Waals surface area (Å²) in [5, 5.41) is 8.88. The Morgan fingerprint density at radius 3 is 1.41 bits per heavy atom. The summed E-state index contributed by atoms with van der Waals surface area (Å²) in [5.74, 6) is -2.48. The highest BCUT2D eigenvalue weighted by molar-refractivity contribution is 7.47. The van der Waals surface area contributed by atoms with Gasteiger partial charge in [-0.2, -0.15) is 0 Å². The summed E-state index contributed by atoms with van der Waals surface area (Å²) < 4.78 is 32.6. The van der Waals surface area contributed by atoms with Crippen LogP contribution in [0.5, 0.6) is 0 Å². The molecule has 0 aliphatic carbocycles. The van der Waals surface area contributed by atoms with Crippen LogP contribution in [0.3, 0.4) is 0 Å². The van der Waals surface area contributed by atoms with E-state index in [0.717, 1.165) is 44.9 Å². The van der Waals surface area contributed by atoms with Gasteiger partial charge in [0.1, 0.15) is 12.6 Å². The number of phosphoric ester groups is 1. The highest BCUT2D eigenvalue weighted by Gasteiger charge is 2.28. The molecule has 0 heterocycles. The zero-order chi connectivity index (χ0) is 42.8. The Morgan fingerprint density at radius 2 is 0.966 bits per heavy atom. The lowest BCUT2D eigenvalue weighted by Gasteiger charge is -2.20. The number of carboxylic acid groups (broad SMARTS) is 1. The molecule has 0 spiro atoms. The lowest BCUT2D eigenvalue weighted by Crippen LogP contribution is -2.34. The quantitative estimate of drug-likeness (QED) is 0.0231. The molecule has 0 saturated heterocycles. The molecule has 0 amide bonds. The molecule has 336 valence electrons. The van der Waals surface area contributed by atoms with Crippen molar-refractivity contribution in [3.8, 4) is 0 Å². The number of allylic oxidation sites excluding steroid dienone is 8. The summed E-state index contributed by atoms with van der Waals surface area (Å²) in [4.78, 5) is 45.9. The zero-order valence-electron chi connectivity index (χ0n) is 36.4. The van der Waals surface area contributed by atoms with Gasteiger partial charge in [-0.3, -0.25) is 23.4 Å². The summed E-state index contributed by atoms with van der Waals surface area (Å²) in [6.07, 6.45) is 46.4. The Kier molecular flexibility index (Phi) is 39.4. The average Bonchev–Trinajstić information content (AvgIpc) is 3.20. The highest BCUT2D eigenvalue weighted by Crippen LogP contribution is 2.43. The maximum Gasteiger partial charge on any atom is 0.472 e. The maximum absolute atomic E-state index is 12.6. The third kappa shape index (κ3) is 40.2. The van der Waals surface area contributed by atoms with Crippen LogP contribution < -0.4 is 5.73 Å². The molecule has 0 aromatic heterocycles. The van der Waals surface area contributed by atoms with E-state index in [1.807, 2.05) is 18.2 Å². The molecule has 0 aliphatic rings. The van der Waals surface area contributed by atoms with E-state index in [2.05, 4.69) is 48.8 Å². The number of carbonyl (C=O) groups is 3. The predicted molar refractivity (Wildman–Crippen MR) is 235 cm³/mol. The topological polar surface area (TPSA) is 172 Å². The molecule has 58 heavy (non-hydrogen) atoms. The molecule has 0 aromatic rings. The summed E-state index contributed by atoms with van der Waals surface area (Å²) in [6, 6.07) is -1.53. The summed E-state index contributed by atoms with van der Waals surface area (Å²) in [7, 11) is -4.73. The van der Waals surface area contributed by atoms with Crippen molar-refractivity contribution in [2.75, 3.05) is 19.8 Å². The molecular weight excluding hydrogens is 757 g/mol.